The van der Waals surface area contributed by atoms with Crippen LogP contribution < -0.4 is 9.47 Å². The van der Waals surface area contributed by atoms with Crippen LogP contribution in [0.5, 0.6) is 11.5 Å². The zero-order valence-electron chi connectivity index (χ0n) is 9.89. The van der Waals surface area contributed by atoms with E-state index in [0.29, 0.717) is 22.1 Å². The largest absolute Gasteiger partial charge is 0.493 e. The molecule has 0 unspecified atom stereocenters. The standard InChI is InChI=1S/C12H15ClO3/c1-7-5-10(15-3)12(16-4)9(11(7)13)6-8(2)14/h5H,6H2,1-4H3. The molecule has 3 nitrogen and oxygen atoms in total. The lowest BCUT2D eigenvalue weighted by Crippen LogP contribution is -2.03. The van der Waals surface area contributed by atoms with Crippen LogP contribution in [0.2, 0.25) is 5.02 Å². The third-order valence-electron chi connectivity index (χ3n) is 2.31. The number of benzene rings is 1. The molecule has 0 atom stereocenters. The molecule has 0 bridgehead atoms. The van der Waals surface area contributed by atoms with Crippen molar-refractivity contribution in [3.63, 3.8) is 0 Å². The van der Waals surface area contributed by atoms with Gasteiger partial charge in [0.1, 0.15) is 5.78 Å². The van der Waals surface area contributed by atoms with Gasteiger partial charge in [0.2, 0.25) is 0 Å². The van der Waals surface area contributed by atoms with Crippen LogP contribution in [0.1, 0.15) is 18.1 Å². The van der Waals surface area contributed by atoms with Crippen LogP contribution in [0.4, 0.5) is 0 Å². The summed E-state index contributed by atoms with van der Waals surface area (Å²) in [5.41, 5.74) is 1.56. The minimum absolute atomic E-state index is 0.0350. The highest BCUT2D eigenvalue weighted by molar-refractivity contribution is 6.32. The highest BCUT2D eigenvalue weighted by atomic mass is 35.5. The molecule has 4 heteroatoms. The van der Waals surface area contributed by atoms with Gasteiger partial charge >= 0.3 is 0 Å². The first-order valence-electron chi connectivity index (χ1n) is 4.90. The first-order chi connectivity index (χ1) is 7.51. The van der Waals surface area contributed by atoms with Crippen molar-refractivity contribution in [3.8, 4) is 11.5 Å². The van der Waals surface area contributed by atoms with E-state index >= 15 is 0 Å². The Morgan fingerprint density at radius 1 is 1.38 bits per heavy atom. The molecule has 88 valence electrons. The first-order valence-corrected chi connectivity index (χ1v) is 5.28. The predicted molar refractivity (Wildman–Crippen MR) is 63.7 cm³/mol. The topological polar surface area (TPSA) is 35.5 Å². The number of Topliss-reactive ketones (excluding diaryl/α,β-unsaturated/α-hetero) is 1. The van der Waals surface area contributed by atoms with E-state index in [2.05, 4.69) is 0 Å². The predicted octanol–water partition coefficient (Wildman–Crippen LogP) is 2.80. The Kier molecular flexibility index (Phi) is 4.19. The van der Waals surface area contributed by atoms with Crippen LogP contribution in [-0.4, -0.2) is 20.0 Å². The molecule has 0 aliphatic rings. The van der Waals surface area contributed by atoms with E-state index in [1.54, 1.807) is 13.2 Å². The molecular weight excluding hydrogens is 228 g/mol. The van der Waals surface area contributed by atoms with E-state index in [1.807, 2.05) is 6.92 Å². The smallest absolute Gasteiger partial charge is 0.165 e. The molecule has 0 aliphatic heterocycles. The van der Waals surface area contributed by atoms with Crippen LogP contribution in [0.25, 0.3) is 0 Å². The molecule has 1 aromatic rings. The summed E-state index contributed by atoms with van der Waals surface area (Å²) < 4.78 is 10.4. The number of hydrogen-bond acceptors (Lipinski definition) is 3. The number of methoxy groups -OCH3 is 2. The van der Waals surface area contributed by atoms with E-state index in [1.165, 1.54) is 14.0 Å². The van der Waals surface area contributed by atoms with Crippen molar-refractivity contribution >= 4 is 17.4 Å². The van der Waals surface area contributed by atoms with E-state index in [0.717, 1.165) is 5.56 Å². The molecule has 1 aromatic carbocycles. The van der Waals surface area contributed by atoms with Gasteiger partial charge in [-0.25, -0.2) is 0 Å². The molecule has 0 saturated carbocycles. The second-order valence-corrected chi connectivity index (χ2v) is 3.98. The summed E-state index contributed by atoms with van der Waals surface area (Å²) >= 11 is 6.16. The normalized spacial score (nSPS) is 10.1. The molecule has 0 radical (unpaired) electrons. The van der Waals surface area contributed by atoms with E-state index in [-0.39, 0.29) is 12.2 Å². The number of hydrogen-bond donors (Lipinski definition) is 0. The van der Waals surface area contributed by atoms with Crippen LogP contribution >= 0.6 is 11.6 Å². The van der Waals surface area contributed by atoms with Gasteiger partial charge in [0.05, 0.1) is 19.2 Å². The van der Waals surface area contributed by atoms with Crippen molar-refractivity contribution in [1.82, 2.24) is 0 Å². The molecule has 0 aromatic heterocycles. The van der Waals surface area contributed by atoms with Gasteiger partial charge in [-0.3, -0.25) is 4.79 Å². The maximum atomic E-state index is 11.2. The van der Waals surface area contributed by atoms with Crippen LogP contribution in [0.15, 0.2) is 6.07 Å². The molecule has 0 amide bonds. The quantitative estimate of drug-likeness (QED) is 0.815. The van der Waals surface area contributed by atoms with Crippen molar-refractivity contribution < 1.29 is 14.3 Å². The Balaban J connectivity index is 3.40. The summed E-state index contributed by atoms with van der Waals surface area (Å²) in [5.74, 6) is 1.17. The minimum atomic E-state index is 0.0350. The van der Waals surface area contributed by atoms with Crippen molar-refractivity contribution in [1.29, 1.82) is 0 Å². The fourth-order valence-corrected chi connectivity index (χ4v) is 1.80. The molecule has 0 N–H and O–H groups in total. The van der Waals surface area contributed by atoms with E-state index in [9.17, 15) is 4.79 Å². The van der Waals surface area contributed by atoms with Crippen molar-refractivity contribution in [3.05, 3.63) is 22.2 Å². The molecule has 0 aliphatic carbocycles. The van der Waals surface area contributed by atoms with E-state index in [4.69, 9.17) is 21.1 Å². The number of ether oxygens (including phenoxy) is 2. The van der Waals surface area contributed by atoms with Crippen molar-refractivity contribution in [2.75, 3.05) is 14.2 Å². The lowest BCUT2D eigenvalue weighted by molar-refractivity contribution is -0.116. The monoisotopic (exact) mass is 242 g/mol. The second kappa shape index (κ2) is 5.21. The molecule has 0 fully saturated rings. The lowest BCUT2D eigenvalue weighted by Gasteiger charge is -2.15. The van der Waals surface area contributed by atoms with Gasteiger partial charge in [-0.2, -0.15) is 0 Å². The van der Waals surface area contributed by atoms with Gasteiger partial charge in [0.15, 0.2) is 11.5 Å². The van der Waals surface area contributed by atoms with Gasteiger partial charge in [0.25, 0.3) is 0 Å². The molecular formula is C12H15ClO3. The van der Waals surface area contributed by atoms with Gasteiger partial charge < -0.3 is 9.47 Å². The zero-order chi connectivity index (χ0) is 12.3. The summed E-state index contributed by atoms with van der Waals surface area (Å²) in [4.78, 5) is 11.2. The Morgan fingerprint density at radius 3 is 2.44 bits per heavy atom. The summed E-state index contributed by atoms with van der Waals surface area (Å²) in [5, 5.41) is 0.563. The molecule has 0 heterocycles. The number of aryl methyl sites for hydroxylation is 1. The minimum Gasteiger partial charge on any atom is -0.493 e. The number of rotatable bonds is 4. The average Bonchev–Trinajstić information content (AvgIpc) is 2.23. The van der Waals surface area contributed by atoms with Crippen molar-refractivity contribution in [2.24, 2.45) is 0 Å². The van der Waals surface area contributed by atoms with Crippen LogP contribution in [0.3, 0.4) is 0 Å². The summed E-state index contributed by atoms with van der Waals surface area (Å²) in [6.07, 6.45) is 0.250. The van der Waals surface area contributed by atoms with Crippen molar-refractivity contribution in [2.45, 2.75) is 20.3 Å². The maximum Gasteiger partial charge on any atom is 0.165 e. The van der Waals surface area contributed by atoms with Gasteiger partial charge in [-0.05, 0) is 25.5 Å². The zero-order valence-corrected chi connectivity index (χ0v) is 10.6. The summed E-state index contributed by atoms with van der Waals surface area (Å²) in [6.45, 7) is 3.39. The average molecular weight is 243 g/mol. The van der Waals surface area contributed by atoms with Gasteiger partial charge in [0, 0.05) is 12.0 Å². The Hall–Kier alpha value is -1.22. The maximum absolute atomic E-state index is 11.2. The summed E-state index contributed by atoms with van der Waals surface area (Å²) in [6, 6.07) is 1.80. The second-order valence-electron chi connectivity index (χ2n) is 3.60. The number of carbonyl (C=O) groups is 1. The van der Waals surface area contributed by atoms with Gasteiger partial charge in [-0.1, -0.05) is 11.6 Å². The number of ketones is 1. The first kappa shape index (κ1) is 12.8. The molecule has 1 rings (SSSR count). The third kappa shape index (κ3) is 2.47. The Labute approximate surface area is 100 Å². The van der Waals surface area contributed by atoms with Crippen LogP contribution in [0, 0.1) is 6.92 Å². The molecule has 0 spiro atoms. The number of halogens is 1. The van der Waals surface area contributed by atoms with Crippen LogP contribution in [-0.2, 0) is 11.2 Å². The fourth-order valence-electron chi connectivity index (χ4n) is 1.59. The third-order valence-corrected chi connectivity index (χ3v) is 2.83. The fraction of sp³-hybridized carbons (Fsp3) is 0.417. The Morgan fingerprint density at radius 2 is 2.00 bits per heavy atom. The highest BCUT2D eigenvalue weighted by Crippen LogP contribution is 2.38. The van der Waals surface area contributed by atoms with Gasteiger partial charge in [-0.15, -0.1) is 0 Å². The summed E-state index contributed by atoms with van der Waals surface area (Å²) in [7, 11) is 3.09. The SMILES string of the molecule is COc1cc(C)c(Cl)c(CC(C)=O)c1OC. The Bertz CT molecular complexity index is 413. The molecule has 0 saturated heterocycles. The highest BCUT2D eigenvalue weighted by Gasteiger charge is 2.17. The number of carbonyl (C=O) groups excluding carboxylic acids is 1. The lowest BCUT2D eigenvalue weighted by atomic mass is 10.0. The molecule has 16 heavy (non-hydrogen) atoms. The van der Waals surface area contributed by atoms with E-state index < -0.39 is 0 Å².